The fourth-order valence-corrected chi connectivity index (χ4v) is 4.67. The van der Waals surface area contributed by atoms with Crippen LogP contribution in [0.3, 0.4) is 0 Å². The van der Waals surface area contributed by atoms with Crippen molar-refractivity contribution in [3.8, 4) is 11.3 Å². The zero-order valence-corrected chi connectivity index (χ0v) is 20.9. The average Bonchev–Trinajstić information content (AvgIpc) is 3.42. The highest BCUT2D eigenvalue weighted by atomic mass is 35.5. The Morgan fingerprint density at radius 1 is 1.03 bits per heavy atom. The van der Waals surface area contributed by atoms with E-state index in [9.17, 15) is 9.59 Å². The van der Waals surface area contributed by atoms with Gasteiger partial charge in [0.2, 0.25) is 11.8 Å². The van der Waals surface area contributed by atoms with Gasteiger partial charge in [-0.25, -0.2) is 4.98 Å². The SMILES string of the molecule is Cn1c(CC(=O)Nc2ccc(Cl)c(Cl)c2)nnc1SCC(=O)Nc1nc(-c2ccccc2)cs1. The molecule has 4 rings (SSSR count). The van der Waals surface area contributed by atoms with Crippen molar-refractivity contribution < 1.29 is 9.59 Å². The molecule has 0 saturated heterocycles. The van der Waals surface area contributed by atoms with Crippen LogP contribution in [0.2, 0.25) is 10.0 Å². The number of hydrogen-bond donors (Lipinski definition) is 2. The third-order valence-electron chi connectivity index (χ3n) is 4.60. The Labute approximate surface area is 213 Å². The Morgan fingerprint density at radius 2 is 1.82 bits per heavy atom. The molecular weight excluding hydrogens is 515 g/mol. The van der Waals surface area contributed by atoms with E-state index in [1.165, 1.54) is 23.1 Å². The van der Waals surface area contributed by atoms with E-state index in [1.54, 1.807) is 29.8 Å². The molecule has 0 aliphatic carbocycles. The number of hydrogen-bond acceptors (Lipinski definition) is 7. The highest BCUT2D eigenvalue weighted by Crippen LogP contribution is 2.26. The van der Waals surface area contributed by atoms with Gasteiger partial charge in [-0.05, 0) is 18.2 Å². The molecule has 2 N–H and O–H groups in total. The first kappa shape index (κ1) is 24.2. The van der Waals surface area contributed by atoms with Crippen molar-refractivity contribution in [2.24, 2.45) is 7.05 Å². The lowest BCUT2D eigenvalue weighted by atomic mass is 10.2. The fourth-order valence-electron chi connectivity index (χ4n) is 2.91. The second-order valence-corrected chi connectivity index (χ2v) is 9.67. The van der Waals surface area contributed by atoms with Crippen molar-refractivity contribution in [2.45, 2.75) is 11.6 Å². The van der Waals surface area contributed by atoms with Crippen molar-refractivity contribution >= 4 is 68.9 Å². The summed E-state index contributed by atoms with van der Waals surface area (Å²) >= 11 is 14.5. The van der Waals surface area contributed by atoms with Crippen molar-refractivity contribution in [1.29, 1.82) is 0 Å². The lowest BCUT2D eigenvalue weighted by molar-refractivity contribution is -0.116. The third kappa shape index (κ3) is 6.15. The Bertz CT molecular complexity index is 1330. The first-order valence-corrected chi connectivity index (χ1v) is 12.6. The summed E-state index contributed by atoms with van der Waals surface area (Å²) in [6, 6.07) is 14.6. The summed E-state index contributed by atoms with van der Waals surface area (Å²) in [4.78, 5) is 29.2. The Balaban J connectivity index is 1.29. The normalized spacial score (nSPS) is 10.8. The molecule has 2 aromatic carbocycles. The van der Waals surface area contributed by atoms with Gasteiger partial charge < -0.3 is 15.2 Å². The van der Waals surface area contributed by atoms with E-state index in [0.29, 0.717) is 31.8 Å². The molecule has 0 unspecified atom stereocenters. The van der Waals surface area contributed by atoms with Crippen LogP contribution in [0.5, 0.6) is 0 Å². The molecule has 34 heavy (non-hydrogen) atoms. The number of nitrogens with zero attached hydrogens (tertiary/aromatic N) is 4. The first-order chi connectivity index (χ1) is 16.4. The molecule has 0 aliphatic heterocycles. The molecule has 2 aromatic heterocycles. The van der Waals surface area contributed by atoms with Gasteiger partial charge >= 0.3 is 0 Å². The lowest BCUT2D eigenvalue weighted by Gasteiger charge is -2.07. The van der Waals surface area contributed by atoms with Crippen LogP contribution in [0.1, 0.15) is 5.82 Å². The summed E-state index contributed by atoms with van der Waals surface area (Å²) in [6.45, 7) is 0. The number of thioether (sulfide) groups is 1. The second-order valence-electron chi connectivity index (χ2n) is 7.05. The van der Waals surface area contributed by atoms with Crippen LogP contribution in [0.4, 0.5) is 10.8 Å². The monoisotopic (exact) mass is 532 g/mol. The number of aromatic nitrogens is 4. The molecular formula is C22H18Cl2N6O2S2. The van der Waals surface area contributed by atoms with E-state index in [2.05, 4.69) is 25.8 Å². The number of nitrogens with one attached hydrogen (secondary N) is 2. The third-order valence-corrected chi connectivity index (χ3v) is 7.12. The summed E-state index contributed by atoms with van der Waals surface area (Å²) in [5, 5.41) is 17.4. The minimum atomic E-state index is -0.277. The minimum absolute atomic E-state index is 0.0118. The Kier molecular flexibility index (Phi) is 7.84. The molecule has 0 radical (unpaired) electrons. The minimum Gasteiger partial charge on any atom is -0.326 e. The summed E-state index contributed by atoms with van der Waals surface area (Å²) in [5.74, 6) is 0.108. The summed E-state index contributed by atoms with van der Waals surface area (Å²) in [7, 11) is 1.75. The number of anilines is 2. The quantitative estimate of drug-likeness (QED) is 0.304. The molecule has 0 aliphatic rings. The van der Waals surface area contributed by atoms with Crippen LogP contribution in [0, 0.1) is 0 Å². The van der Waals surface area contributed by atoms with Crippen molar-refractivity contribution in [3.05, 3.63) is 69.8 Å². The number of amides is 2. The van der Waals surface area contributed by atoms with Crippen LogP contribution in [-0.2, 0) is 23.1 Å². The van der Waals surface area contributed by atoms with Crippen LogP contribution < -0.4 is 10.6 Å². The highest BCUT2D eigenvalue weighted by Gasteiger charge is 2.16. The van der Waals surface area contributed by atoms with Gasteiger partial charge in [-0.3, -0.25) is 9.59 Å². The van der Waals surface area contributed by atoms with E-state index < -0.39 is 0 Å². The van der Waals surface area contributed by atoms with Gasteiger partial charge in [-0.2, -0.15) is 0 Å². The van der Waals surface area contributed by atoms with Crippen LogP contribution in [0.15, 0.2) is 59.1 Å². The van der Waals surface area contributed by atoms with Gasteiger partial charge in [0.25, 0.3) is 0 Å². The highest BCUT2D eigenvalue weighted by molar-refractivity contribution is 7.99. The predicted molar refractivity (Wildman–Crippen MR) is 137 cm³/mol. The molecule has 12 heteroatoms. The van der Waals surface area contributed by atoms with Gasteiger partial charge in [-0.1, -0.05) is 65.3 Å². The van der Waals surface area contributed by atoms with Gasteiger partial charge in [0.1, 0.15) is 5.82 Å². The van der Waals surface area contributed by atoms with E-state index in [0.717, 1.165) is 11.3 Å². The molecule has 0 saturated carbocycles. The van der Waals surface area contributed by atoms with Crippen LogP contribution in [-0.4, -0.2) is 37.3 Å². The molecule has 0 spiro atoms. The first-order valence-electron chi connectivity index (χ1n) is 9.96. The summed E-state index contributed by atoms with van der Waals surface area (Å²) < 4.78 is 1.68. The molecule has 0 fully saturated rings. The van der Waals surface area contributed by atoms with Gasteiger partial charge in [-0.15, -0.1) is 21.5 Å². The Hall–Kier alpha value is -2.92. The fraction of sp³-hybridized carbons (Fsp3) is 0.136. The van der Waals surface area contributed by atoms with Gasteiger partial charge in [0.05, 0.1) is 27.9 Å². The standard InChI is InChI=1S/C22H18Cl2N6O2S2/c1-30-18(10-19(31)25-14-7-8-15(23)16(24)9-14)28-29-22(30)34-12-20(32)27-21-26-17(11-33-21)13-5-3-2-4-6-13/h2-9,11H,10,12H2,1H3,(H,25,31)(H,26,27,32). The molecule has 8 nitrogen and oxygen atoms in total. The van der Waals surface area contributed by atoms with E-state index in [-0.39, 0.29) is 24.0 Å². The molecule has 2 amide bonds. The molecule has 0 atom stereocenters. The summed E-state index contributed by atoms with van der Waals surface area (Å²) in [5.41, 5.74) is 2.33. The maximum absolute atomic E-state index is 12.4. The van der Waals surface area contributed by atoms with Crippen LogP contribution >= 0.6 is 46.3 Å². The summed E-state index contributed by atoms with van der Waals surface area (Å²) in [6.07, 6.45) is 0.0118. The topological polar surface area (TPSA) is 102 Å². The number of halogens is 2. The maximum atomic E-state index is 12.4. The number of carbonyl (C=O) groups excluding carboxylic acids is 2. The molecule has 0 bridgehead atoms. The maximum Gasteiger partial charge on any atom is 0.236 e. The van der Waals surface area contributed by atoms with E-state index in [4.69, 9.17) is 23.2 Å². The number of rotatable bonds is 8. The van der Waals surface area contributed by atoms with Gasteiger partial charge in [0.15, 0.2) is 10.3 Å². The lowest BCUT2D eigenvalue weighted by Crippen LogP contribution is -2.17. The molecule has 174 valence electrons. The predicted octanol–water partition coefficient (Wildman–Crippen LogP) is 5.16. The van der Waals surface area contributed by atoms with E-state index in [1.807, 2.05) is 35.7 Å². The number of carbonyl (C=O) groups is 2. The smallest absolute Gasteiger partial charge is 0.236 e. The van der Waals surface area contributed by atoms with Crippen molar-refractivity contribution in [2.75, 3.05) is 16.4 Å². The van der Waals surface area contributed by atoms with Crippen LogP contribution in [0.25, 0.3) is 11.3 Å². The molecule has 4 aromatic rings. The average molecular weight is 533 g/mol. The van der Waals surface area contributed by atoms with E-state index >= 15 is 0 Å². The zero-order valence-electron chi connectivity index (χ0n) is 17.8. The van der Waals surface area contributed by atoms with Crippen molar-refractivity contribution in [1.82, 2.24) is 19.7 Å². The number of thiazole rings is 1. The van der Waals surface area contributed by atoms with Crippen molar-refractivity contribution in [3.63, 3.8) is 0 Å². The Morgan fingerprint density at radius 3 is 2.59 bits per heavy atom. The second kappa shape index (κ2) is 11.0. The van der Waals surface area contributed by atoms with Gasteiger partial charge in [0, 0.05) is 23.7 Å². The number of benzene rings is 2. The largest absolute Gasteiger partial charge is 0.326 e. The zero-order chi connectivity index (χ0) is 24.1. The molecule has 2 heterocycles.